The smallest absolute Gasteiger partial charge is 0.434 e. The standard InChI is InChI=1S/C23H25FN2O5/c1-2-30-23(29)31-18-9-7-17(8-10-18)22(28)26-13-11-16(12-14-26)15-25-21(27)19-5-3-4-6-20(19)24/h3-10,16H,2,11-15H2,1H3,(H,25,27). The molecule has 0 atom stereocenters. The van der Waals surface area contributed by atoms with Crippen molar-refractivity contribution in [3.8, 4) is 5.75 Å². The number of rotatable bonds is 6. The topological polar surface area (TPSA) is 84.9 Å². The first-order chi connectivity index (χ1) is 15.0. The minimum absolute atomic E-state index is 0.0329. The van der Waals surface area contributed by atoms with Crippen LogP contribution in [0, 0.1) is 11.7 Å². The highest BCUT2D eigenvalue weighted by atomic mass is 19.1. The van der Waals surface area contributed by atoms with Crippen LogP contribution in [0.15, 0.2) is 48.5 Å². The van der Waals surface area contributed by atoms with Crippen LogP contribution in [0.25, 0.3) is 0 Å². The van der Waals surface area contributed by atoms with Crippen molar-refractivity contribution in [3.63, 3.8) is 0 Å². The molecule has 1 saturated heterocycles. The third-order valence-electron chi connectivity index (χ3n) is 5.14. The lowest BCUT2D eigenvalue weighted by Gasteiger charge is -2.32. The number of ether oxygens (including phenoxy) is 2. The number of piperidine rings is 1. The van der Waals surface area contributed by atoms with E-state index in [1.165, 1.54) is 12.1 Å². The number of hydrogen-bond acceptors (Lipinski definition) is 5. The summed E-state index contributed by atoms with van der Waals surface area (Å²) in [5, 5.41) is 2.78. The Kier molecular flexibility index (Phi) is 7.59. The van der Waals surface area contributed by atoms with Crippen molar-refractivity contribution in [2.45, 2.75) is 19.8 Å². The van der Waals surface area contributed by atoms with Gasteiger partial charge in [-0.25, -0.2) is 9.18 Å². The molecule has 2 aromatic rings. The molecule has 3 rings (SSSR count). The second-order valence-electron chi connectivity index (χ2n) is 7.23. The summed E-state index contributed by atoms with van der Waals surface area (Å²) >= 11 is 0. The van der Waals surface area contributed by atoms with Crippen LogP contribution >= 0.6 is 0 Å². The van der Waals surface area contributed by atoms with E-state index in [2.05, 4.69) is 5.32 Å². The highest BCUT2D eigenvalue weighted by molar-refractivity contribution is 5.95. The Morgan fingerprint density at radius 1 is 1.06 bits per heavy atom. The fourth-order valence-electron chi connectivity index (χ4n) is 3.41. The zero-order valence-electron chi connectivity index (χ0n) is 17.3. The maximum Gasteiger partial charge on any atom is 0.513 e. The van der Waals surface area contributed by atoms with Gasteiger partial charge in [-0.05, 0) is 62.1 Å². The van der Waals surface area contributed by atoms with Crippen molar-refractivity contribution in [3.05, 3.63) is 65.5 Å². The lowest BCUT2D eigenvalue weighted by Crippen LogP contribution is -2.41. The number of nitrogens with one attached hydrogen (secondary N) is 1. The molecule has 8 heteroatoms. The largest absolute Gasteiger partial charge is 0.513 e. The number of likely N-dealkylation sites (tertiary alicyclic amines) is 1. The summed E-state index contributed by atoms with van der Waals surface area (Å²) in [5.41, 5.74) is 0.535. The van der Waals surface area contributed by atoms with Gasteiger partial charge in [0.1, 0.15) is 11.6 Å². The molecule has 31 heavy (non-hydrogen) atoms. The van der Waals surface area contributed by atoms with Gasteiger partial charge in [0.25, 0.3) is 11.8 Å². The van der Waals surface area contributed by atoms with E-state index in [1.807, 2.05) is 0 Å². The highest BCUT2D eigenvalue weighted by Crippen LogP contribution is 2.20. The Bertz CT molecular complexity index is 924. The minimum atomic E-state index is -0.786. The van der Waals surface area contributed by atoms with Gasteiger partial charge in [0, 0.05) is 25.2 Å². The third-order valence-corrected chi connectivity index (χ3v) is 5.14. The Balaban J connectivity index is 1.46. The molecule has 2 amide bonds. The van der Waals surface area contributed by atoms with Crippen molar-refractivity contribution in [2.24, 2.45) is 5.92 Å². The van der Waals surface area contributed by atoms with Crippen LogP contribution < -0.4 is 10.1 Å². The Labute approximate surface area is 180 Å². The highest BCUT2D eigenvalue weighted by Gasteiger charge is 2.24. The Hall–Kier alpha value is -3.42. The number of halogens is 1. The van der Waals surface area contributed by atoms with Gasteiger partial charge in [-0.1, -0.05) is 12.1 Å². The van der Waals surface area contributed by atoms with Crippen LogP contribution in [-0.4, -0.2) is 49.1 Å². The Morgan fingerprint density at radius 3 is 2.39 bits per heavy atom. The first-order valence-electron chi connectivity index (χ1n) is 10.2. The van der Waals surface area contributed by atoms with Gasteiger partial charge in [-0.2, -0.15) is 0 Å². The molecule has 0 aliphatic carbocycles. The average Bonchev–Trinajstić information content (AvgIpc) is 2.78. The summed E-state index contributed by atoms with van der Waals surface area (Å²) in [6.07, 6.45) is 0.700. The number of benzene rings is 2. The third kappa shape index (κ3) is 6.04. The molecule has 1 N–H and O–H groups in total. The predicted octanol–water partition coefficient (Wildman–Crippen LogP) is 3.64. The molecule has 0 saturated carbocycles. The first kappa shape index (κ1) is 22.3. The van der Waals surface area contributed by atoms with Gasteiger partial charge >= 0.3 is 6.16 Å². The van der Waals surface area contributed by atoms with Crippen LogP contribution in [-0.2, 0) is 4.74 Å². The monoisotopic (exact) mass is 428 g/mol. The summed E-state index contributed by atoms with van der Waals surface area (Å²) in [5.74, 6) is -0.545. The average molecular weight is 428 g/mol. The molecular weight excluding hydrogens is 403 g/mol. The number of carbonyl (C=O) groups is 3. The molecule has 0 radical (unpaired) electrons. The molecule has 1 heterocycles. The first-order valence-corrected chi connectivity index (χ1v) is 10.2. The van der Waals surface area contributed by atoms with Crippen LogP contribution in [0.5, 0.6) is 5.75 Å². The molecule has 0 bridgehead atoms. The summed E-state index contributed by atoms with van der Waals surface area (Å²) in [6, 6.07) is 12.2. The number of carbonyl (C=O) groups excluding carboxylic acids is 3. The summed E-state index contributed by atoms with van der Waals surface area (Å²) in [7, 11) is 0. The van der Waals surface area contributed by atoms with E-state index in [4.69, 9.17) is 9.47 Å². The van der Waals surface area contributed by atoms with Gasteiger partial charge in [0.2, 0.25) is 0 Å². The second kappa shape index (κ2) is 10.6. The predicted molar refractivity (Wildman–Crippen MR) is 111 cm³/mol. The lowest BCUT2D eigenvalue weighted by atomic mass is 9.96. The van der Waals surface area contributed by atoms with Gasteiger partial charge in [0.15, 0.2) is 0 Å². The van der Waals surface area contributed by atoms with Crippen LogP contribution in [0.2, 0.25) is 0 Å². The molecular formula is C23H25FN2O5. The second-order valence-corrected chi connectivity index (χ2v) is 7.23. The van der Waals surface area contributed by atoms with Gasteiger partial charge in [0.05, 0.1) is 12.2 Å². The summed E-state index contributed by atoms with van der Waals surface area (Å²) < 4.78 is 23.4. The van der Waals surface area contributed by atoms with Crippen molar-refractivity contribution in [1.29, 1.82) is 0 Å². The SMILES string of the molecule is CCOC(=O)Oc1ccc(C(=O)N2CCC(CNC(=O)c3ccccc3F)CC2)cc1. The molecule has 1 aliphatic heterocycles. The van der Waals surface area contributed by atoms with Crippen LogP contribution in [0.3, 0.4) is 0 Å². The van der Waals surface area contributed by atoms with Crippen molar-refractivity contribution in [1.82, 2.24) is 10.2 Å². The van der Waals surface area contributed by atoms with Crippen LogP contribution in [0.4, 0.5) is 9.18 Å². The van der Waals surface area contributed by atoms with E-state index in [-0.39, 0.29) is 24.0 Å². The van der Waals surface area contributed by atoms with E-state index in [9.17, 15) is 18.8 Å². The van der Waals surface area contributed by atoms with Gasteiger partial charge < -0.3 is 19.7 Å². The van der Waals surface area contributed by atoms with Gasteiger partial charge in [-0.15, -0.1) is 0 Å². The lowest BCUT2D eigenvalue weighted by molar-refractivity contribution is 0.0684. The van der Waals surface area contributed by atoms with Crippen LogP contribution in [0.1, 0.15) is 40.5 Å². The zero-order chi connectivity index (χ0) is 22.2. The number of nitrogens with zero attached hydrogens (tertiary/aromatic N) is 1. The molecule has 2 aromatic carbocycles. The van der Waals surface area contributed by atoms with E-state index >= 15 is 0 Å². The van der Waals surface area contributed by atoms with E-state index in [1.54, 1.807) is 48.2 Å². The zero-order valence-corrected chi connectivity index (χ0v) is 17.3. The van der Waals surface area contributed by atoms with Crippen molar-refractivity contribution < 1.29 is 28.2 Å². The number of amides is 2. The molecule has 7 nitrogen and oxygen atoms in total. The Morgan fingerprint density at radius 2 is 1.74 bits per heavy atom. The normalized spacial score (nSPS) is 14.1. The van der Waals surface area contributed by atoms with Crippen molar-refractivity contribution >= 4 is 18.0 Å². The molecule has 1 fully saturated rings. The fraction of sp³-hybridized carbons (Fsp3) is 0.348. The summed E-state index contributed by atoms with van der Waals surface area (Å²) in [4.78, 5) is 38.0. The van der Waals surface area contributed by atoms with Gasteiger partial charge in [-0.3, -0.25) is 9.59 Å². The van der Waals surface area contributed by atoms with Crippen molar-refractivity contribution in [2.75, 3.05) is 26.2 Å². The summed E-state index contributed by atoms with van der Waals surface area (Å²) in [6.45, 7) is 3.48. The fourth-order valence-corrected chi connectivity index (χ4v) is 3.41. The van der Waals surface area contributed by atoms with E-state index < -0.39 is 17.9 Å². The molecule has 0 aromatic heterocycles. The molecule has 164 valence electrons. The molecule has 0 unspecified atom stereocenters. The quantitative estimate of drug-likeness (QED) is 0.561. The van der Waals surface area contributed by atoms with E-state index in [0.29, 0.717) is 30.9 Å². The molecule has 0 spiro atoms. The minimum Gasteiger partial charge on any atom is -0.434 e. The maximum atomic E-state index is 13.7. The number of hydrogen-bond donors (Lipinski definition) is 1. The molecule has 1 aliphatic rings. The van der Waals surface area contributed by atoms with E-state index in [0.717, 1.165) is 12.8 Å². The maximum absolute atomic E-state index is 13.7.